The van der Waals surface area contributed by atoms with E-state index < -0.39 is 0 Å². The molecule has 2 aromatic heterocycles. The molecule has 0 aliphatic carbocycles. The fourth-order valence-corrected chi connectivity index (χ4v) is 5.02. The molecule has 2 aliphatic rings. The van der Waals surface area contributed by atoms with E-state index in [1.165, 1.54) is 12.7 Å². The zero-order valence-corrected chi connectivity index (χ0v) is 26.1. The number of anilines is 1. The number of methoxy groups -OCH3 is 1. The maximum atomic E-state index is 9.94. The average Bonchev–Trinajstić information content (AvgIpc) is 3.09. The number of fused-ring (bicyclic) bond motifs is 2. The van der Waals surface area contributed by atoms with Gasteiger partial charge in [0.2, 0.25) is 0 Å². The first-order valence-corrected chi connectivity index (χ1v) is 15.1. The van der Waals surface area contributed by atoms with Crippen molar-refractivity contribution in [3.8, 4) is 17.2 Å². The predicted molar refractivity (Wildman–Crippen MR) is 175 cm³/mol. The molecule has 12 heteroatoms. The minimum Gasteiger partial charge on any atom is -0.507 e. The minimum atomic E-state index is 0. The van der Waals surface area contributed by atoms with Gasteiger partial charge in [0.05, 0.1) is 55.3 Å². The molecule has 2 fully saturated rings. The molecule has 2 N–H and O–H groups in total. The maximum Gasteiger partial charge on any atom is 0.131 e. The molecule has 4 heterocycles. The van der Waals surface area contributed by atoms with Crippen LogP contribution in [0.1, 0.15) is 6.99 Å². The summed E-state index contributed by atoms with van der Waals surface area (Å²) in [4.78, 5) is 18.6. The number of hydrogen-bond donors (Lipinski definition) is 2. The van der Waals surface area contributed by atoms with E-state index in [0.29, 0.717) is 12.0 Å². The SMILES string of the molecule is C1COCCN1.COc1ccc(COc2cc(Br)cc3ncncc23)cc1.Oc1cc(N2CCOCC2)cc2ncncc12.[HH]. The van der Waals surface area contributed by atoms with Crippen molar-refractivity contribution in [1.29, 1.82) is 0 Å². The monoisotopic (exact) mass is 664 g/mol. The summed E-state index contributed by atoms with van der Waals surface area (Å²) in [6.45, 7) is 7.45. The summed E-state index contributed by atoms with van der Waals surface area (Å²) >= 11 is 3.47. The zero-order valence-electron chi connectivity index (χ0n) is 24.5. The highest BCUT2D eigenvalue weighted by molar-refractivity contribution is 9.10. The lowest BCUT2D eigenvalue weighted by molar-refractivity contribution is 0.109. The Labute approximate surface area is 265 Å². The first-order valence-electron chi connectivity index (χ1n) is 14.3. The van der Waals surface area contributed by atoms with Gasteiger partial charge in [0.25, 0.3) is 0 Å². The van der Waals surface area contributed by atoms with Gasteiger partial charge in [-0.2, -0.15) is 0 Å². The maximum absolute atomic E-state index is 9.94. The number of aromatic nitrogens is 4. The van der Waals surface area contributed by atoms with E-state index in [4.69, 9.17) is 18.9 Å². The minimum absolute atomic E-state index is 0. The normalized spacial score (nSPS) is 14.6. The summed E-state index contributed by atoms with van der Waals surface area (Å²) in [6, 6.07) is 15.4. The summed E-state index contributed by atoms with van der Waals surface area (Å²) in [6.07, 6.45) is 6.41. The van der Waals surface area contributed by atoms with Crippen molar-refractivity contribution in [2.75, 3.05) is 64.6 Å². The molecule has 7 rings (SSSR count). The third-order valence-corrected chi connectivity index (χ3v) is 7.37. The molecule has 0 radical (unpaired) electrons. The van der Waals surface area contributed by atoms with E-state index >= 15 is 0 Å². The largest absolute Gasteiger partial charge is 0.507 e. The lowest BCUT2D eigenvalue weighted by atomic mass is 10.2. The Kier molecular flexibility index (Phi) is 11.5. The number of ether oxygens (including phenoxy) is 4. The topological polar surface area (TPSA) is 124 Å². The van der Waals surface area contributed by atoms with Crippen molar-refractivity contribution in [3.63, 3.8) is 0 Å². The van der Waals surface area contributed by atoms with Gasteiger partial charge in [-0.1, -0.05) is 28.1 Å². The van der Waals surface area contributed by atoms with Crippen LogP contribution in [0.25, 0.3) is 21.8 Å². The van der Waals surface area contributed by atoms with Crippen LogP contribution in [0.4, 0.5) is 5.69 Å². The van der Waals surface area contributed by atoms with Crippen LogP contribution in [0.3, 0.4) is 0 Å². The van der Waals surface area contributed by atoms with Gasteiger partial charge in [0, 0.05) is 56.2 Å². The molecule has 0 saturated carbocycles. The summed E-state index contributed by atoms with van der Waals surface area (Å²) < 4.78 is 22.3. The number of nitrogens with one attached hydrogen (secondary N) is 1. The fraction of sp³-hybridized carbons (Fsp3) is 0.312. The first-order chi connectivity index (χ1) is 21.6. The Morgan fingerprint density at radius 3 is 2.18 bits per heavy atom. The van der Waals surface area contributed by atoms with Crippen LogP contribution < -0.4 is 19.7 Å². The highest BCUT2D eigenvalue weighted by Crippen LogP contribution is 2.30. The number of nitrogens with zero attached hydrogens (tertiary/aromatic N) is 5. The summed E-state index contributed by atoms with van der Waals surface area (Å²) in [7, 11) is 1.65. The van der Waals surface area contributed by atoms with Crippen LogP contribution in [-0.2, 0) is 16.1 Å². The highest BCUT2D eigenvalue weighted by atomic mass is 79.9. The first kappa shape index (κ1) is 31.3. The van der Waals surface area contributed by atoms with Crippen LogP contribution in [0.2, 0.25) is 0 Å². The Hall–Kier alpha value is -4.10. The van der Waals surface area contributed by atoms with E-state index in [0.717, 1.165) is 96.2 Å². The lowest BCUT2D eigenvalue weighted by Crippen LogP contribution is -2.36. The van der Waals surface area contributed by atoms with E-state index in [1.54, 1.807) is 25.6 Å². The second-order valence-electron chi connectivity index (χ2n) is 9.88. The highest BCUT2D eigenvalue weighted by Gasteiger charge is 2.14. The van der Waals surface area contributed by atoms with Crippen molar-refractivity contribution < 1.29 is 25.5 Å². The van der Waals surface area contributed by atoms with Gasteiger partial charge < -0.3 is 34.3 Å². The van der Waals surface area contributed by atoms with Crippen LogP contribution in [0.5, 0.6) is 17.2 Å². The second kappa shape index (κ2) is 16.1. The Bertz CT molecular complexity index is 1630. The van der Waals surface area contributed by atoms with Crippen molar-refractivity contribution in [2.45, 2.75) is 6.61 Å². The quantitative estimate of drug-likeness (QED) is 0.264. The van der Waals surface area contributed by atoms with Crippen molar-refractivity contribution in [2.24, 2.45) is 0 Å². The van der Waals surface area contributed by atoms with Crippen LogP contribution in [0.15, 0.2) is 78.1 Å². The zero-order chi connectivity index (χ0) is 30.6. The molecule has 0 atom stereocenters. The number of benzene rings is 3. The molecule has 3 aromatic carbocycles. The van der Waals surface area contributed by atoms with Gasteiger partial charge in [0.1, 0.15) is 36.5 Å². The Morgan fingerprint density at radius 1 is 0.886 bits per heavy atom. The molecule has 0 amide bonds. The molecule has 5 aromatic rings. The molecule has 232 valence electrons. The van der Waals surface area contributed by atoms with Crippen molar-refractivity contribution in [1.82, 2.24) is 25.3 Å². The third kappa shape index (κ3) is 8.73. The van der Waals surface area contributed by atoms with E-state index in [9.17, 15) is 5.11 Å². The third-order valence-electron chi connectivity index (χ3n) is 6.92. The summed E-state index contributed by atoms with van der Waals surface area (Å²) in [5.74, 6) is 1.82. The lowest BCUT2D eigenvalue weighted by Gasteiger charge is -2.29. The molecule has 44 heavy (non-hydrogen) atoms. The smallest absolute Gasteiger partial charge is 0.131 e. The predicted octanol–water partition coefficient (Wildman–Crippen LogP) is 5.00. The summed E-state index contributed by atoms with van der Waals surface area (Å²) in [5.41, 5.74) is 3.67. The van der Waals surface area contributed by atoms with Gasteiger partial charge in [-0.25, -0.2) is 19.9 Å². The van der Waals surface area contributed by atoms with Gasteiger partial charge in [-0.15, -0.1) is 0 Å². The molecule has 0 unspecified atom stereocenters. The number of phenols is 1. The fourth-order valence-electron chi connectivity index (χ4n) is 4.59. The number of hydrogen-bond acceptors (Lipinski definition) is 11. The number of phenolic OH excluding ortho intramolecular Hbond substituents is 1. The molecular weight excluding hydrogens is 628 g/mol. The van der Waals surface area contributed by atoms with E-state index in [-0.39, 0.29) is 7.18 Å². The number of rotatable bonds is 5. The van der Waals surface area contributed by atoms with Gasteiger partial charge in [-0.05, 0) is 35.9 Å². The van der Waals surface area contributed by atoms with Crippen LogP contribution >= 0.6 is 15.9 Å². The molecule has 11 nitrogen and oxygen atoms in total. The van der Waals surface area contributed by atoms with Gasteiger partial charge in [-0.3, -0.25) is 0 Å². The van der Waals surface area contributed by atoms with E-state index in [1.807, 2.05) is 42.5 Å². The molecule has 2 saturated heterocycles. The molecular formula is C32H37BrN6O5. The molecule has 0 bridgehead atoms. The number of morpholine rings is 2. The van der Waals surface area contributed by atoms with E-state index in [2.05, 4.69) is 46.1 Å². The Morgan fingerprint density at radius 2 is 1.55 bits per heavy atom. The van der Waals surface area contributed by atoms with Crippen molar-refractivity contribution >= 4 is 43.4 Å². The van der Waals surface area contributed by atoms with Gasteiger partial charge in [0.15, 0.2) is 0 Å². The van der Waals surface area contributed by atoms with Crippen LogP contribution in [-0.4, -0.2) is 84.8 Å². The van der Waals surface area contributed by atoms with Gasteiger partial charge >= 0.3 is 0 Å². The van der Waals surface area contributed by atoms with Crippen LogP contribution in [0, 0.1) is 0 Å². The molecule has 0 spiro atoms. The Balaban J connectivity index is 0.000000172. The average molecular weight is 666 g/mol. The number of halogens is 1. The standard InChI is InChI=1S/C16H13BrN2O2.C12H13N3O2.C4H9NO.H2/c1-20-13-4-2-11(3-5-13)9-21-16-7-12(17)6-15-14(16)8-18-10-19-15;16-12-6-9(15-1-3-17-4-2-15)5-11-10(12)7-13-8-14-11;1-3-6-4-2-5-1;/h2-8,10H,9H2,1H3;5-8,16H,1-4H2;5H,1-4H2;1H. The molecule has 2 aliphatic heterocycles. The summed E-state index contributed by atoms with van der Waals surface area (Å²) in [5, 5.41) is 14.7. The second-order valence-corrected chi connectivity index (χ2v) is 10.8. The number of aromatic hydroxyl groups is 1. The van der Waals surface area contributed by atoms with Crippen molar-refractivity contribution in [3.05, 3.63) is 83.6 Å².